The molecule has 2 heterocycles. The van der Waals surface area contributed by atoms with Gasteiger partial charge in [0.25, 0.3) is 0 Å². The molecule has 2 nitrogen and oxygen atoms in total. The highest BCUT2D eigenvalue weighted by Gasteiger charge is 2.25. The first-order chi connectivity index (χ1) is 11.4. The normalized spacial score (nSPS) is 27.0. The lowest BCUT2D eigenvalue weighted by atomic mass is 9.85. The van der Waals surface area contributed by atoms with Gasteiger partial charge in [0.1, 0.15) is 0 Å². The van der Waals surface area contributed by atoms with Gasteiger partial charge in [-0.3, -0.25) is 4.99 Å². The molecule has 0 amide bonds. The molecule has 1 fully saturated rings. The van der Waals surface area contributed by atoms with E-state index in [9.17, 15) is 0 Å². The van der Waals surface area contributed by atoms with Gasteiger partial charge >= 0.3 is 0 Å². The summed E-state index contributed by atoms with van der Waals surface area (Å²) in [5.41, 5.74) is 4.30. The third kappa shape index (κ3) is 3.32. The summed E-state index contributed by atoms with van der Waals surface area (Å²) >= 11 is 0. The molecule has 0 spiro atoms. The fourth-order valence-corrected chi connectivity index (χ4v) is 4.17. The Kier molecular flexibility index (Phi) is 4.43. The Hall–Kier alpha value is -1.67. The number of benzene rings is 1. The van der Waals surface area contributed by atoms with E-state index in [-0.39, 0.29) is 0 Å². The van der Waals surface area contributed by atoms with Crippen molar-refractivity contribution < 1.29 is 0 Å². The molecule has 2 atom stereocenters. The highest BCUT2D eigenvalue weighted by Crippen LogP contribution is 2.36. The predicted octanol–water partition coefficient (Wildman–Crippen LogP) is 4.54. The summed E-state index contributed by atoms with van der Waals surface area (Å²) < 4.78 is 0. The minimum absolute atomic E-state index is 0.327. The number of allylic oxidation sites excluding steroid dienone is 3. The predicted molar refractivity (Wildman–Crippen MR) is 97.0 cm³/mol. The van der Waals surface area contributed by atoms with Crippen molar-refractivity contribution in [2.24, 2.45) is 10.9 Å². The lowest BCUT2D eigenvalue weighted by molar-refractivity contribution is 0.204. The van der Waals surface area contributed by atoms with E-state index in [1.165, 1.54) is 56.4 Å². The molecule has 4 rings (SSSR count). The Morgan fingerprint density at radius 3 is 2.87 bits per heavy atom. The van der Waals surface area contributed by atoms with Gasteiger partial charge in [-0.05, 0) is 55.8 Å². The highest BCUT2D eigenvalue weighted by atomic mass is 15.1. The topological polar surface area (TPSA) is 15.6 Å². The Morgan fingerprint density at radius 1 is 1.09 bits per heavy atom. The van der Waals surface area contributed by atoms with Crippen molar-refractivity contribution >= 4 is 6.21 Å². The number of rotatable bonds is 4. The van der Waals surface area contributed by atoms with Gasteiger partial charge in [0.2, 0.25) is 0 Å². The molecule has 1 aliphatic carbocycles. The third-order valence-corrected chi connectivity index (χ3v) is 5.50. The van der Waals surface area contributed by atoms with Gasteiger partial charge in [-0.25, -0.2) is 0 Å². The van der Waals surface area contributed by atoms with Crippen molar-refractivity contribution in [1.82, 2.24) is 4.90 Å². The van der Waals surface area contributed by atoms with E-state index in [0.29, 0.717) is 12.0 Å². The van der Waals surface area contributed by atoms with Gasteiger partial charge in [0.15, 0.2) is 0 Å². The third-order valence-electron chi connectivity index (χ3n) is 5.50. The number of nitrogens with zero attached hydrogens (tertiary/aromatic N) is 2. The minimum atomic E-state index is 0.327. The highest BCUT2D eigenvalue weighted by molar-refractivity contribution is 5.85. The average molecular weight is 306 g/mol. The van der Waals surface area contributed by atoms with Gasteiger partial charge in [-0.15, -0.1) is 0 Å². The standard InChI is InChI=1S/C21H26N2/c1-6-12-23(13-7-1)16-19-10-3-2-8-17(19)14-21-20-11-5-4-9-18(20)15-22-21/h2-5,8-9,11,15,19,21H,1,6-7,10,12-14,16H2. The molecule has 23 heavy (non-hydrogen) atoms. The largest absolute Gasteiger partial charge is 0.303 e. The summed E-state index contributed by atoms with van der Waals surface area (Å²) in [6.45, 7) is 3.81. The molecule has 2 aliphatic heterocycles. The minimum Gasteiger partial charge on any atom is -0.303 e. The molecule has 2 heteroatoms. The second-order valence-electron chi connectivity index (χ2n) is 7.09. The molecule has 0 aromatic heterocycles. The van der Waals surface area contributed by atoms with E-state index < -0.39 is 0 Å². The molecular weight excluding hydrogens is 280 g/mol. The van der Waals surface area contributed by atoms with Crippen LogP contribution in [0.1, 0.15) is 49.3 Å². The maximum absolute atomic E-state index is 4.78. The number of likely N-dealkylation sites (tertiary alicyclic amines) is 1. The fraction of sp³-hybridized carbons (Fsp3) is 0.476. The summed E-state index contributed by atoms with van der Waals surface area (Å²) in [6.07, 6.45) is 15.4. The van der Waals surface area contributed by atoms with Crippen LogP contribution in [0.15, 0.2) is 53.1 Å². The molecule has 1 aromatic carbocycles. The van der Waals surface area contributed by atoms with Crippen molar-refractivity contribution in [1.29, 1.82) is 0 Å². The first-order valence-electron chi connectivity index (χ1n) is 9.10. The van der Waals surface area contributed by atoms with Crippen molar-refractivity contribution in [3.8, 4) is 0 Å². The number of fused-ring (bicyclic) bond motifs is 1. The van der Waals surface area contributed by atoms with Gasteiger partial charge < -0.3 is 4.90 Å². The Bertz CT molecular complexity index is 635. The van der Waals surface area contributed by atoms with Crippen molar-refractivity contribution in [2.75, 3.05) is 19.6 Å². The Balaban J connectivity index is 1.45. The molecule has 0 N–H and O–H groups in total. The lowest BCUT2D eigenvalue weighted by Gasteiger charge is -2.32. The van der Waals surface area contributed by atoms with Crippen LogP contribution in [-0.2, 0) is 0 Å². The molecule has 0 bridgehead atoms. The van der Waals surface area contributed by atoms with Crippen molar-refractivity contribution in [2.45, 2.75) is 38.1 Å². The number of hydrogen-bond acceptors (Lipinski definition) is 2. The van der Waals surface area contributed by atoms with Crippen LogP contribution in [0.4, 0.5) is 0 Å². The second-order valence-corrected chi connectivity index (χ2v) is 7.09. The van der Waals surface area contributed by atoms with Gasteiger partial charge in [-0.1, -0.05) is 54.5 Å². The smallest absolute Gasteiger partial charge is 0.0792 e. The van der Waals surface area contributed by atoms with Gasteiger partial charge in [0, 0.05) is 12.8 Å². The SMILES string of the molecule is C1=CCC(CN2CCCCC2)C(CC2N=Cc3ccccc32)=C1. The summed E-state index contributed by atoms with van der Waals surface area (Å²) in [7, 11) is 0. The fourth-order valence-electron chi connectivity index (χ4n) is 4.17. The zero-order valence-corrected chi connectivity index (χ0v) is 13.8. The van der Waals surface area contributed by atoms with E-state index in [0.717, 1.165) is 6.42 Å². The zero-order valence-electron chi connectivity index (χ0n) is 13.8. The summed E-state index contributed by atoms with van der Waals surface area (Å²) in [5.74, 6) is 0.682. The van der Waals surface area contributed by atoms with E-state index in [1.54, 1.807) is 5.57 Å². The quantitative estimate of drug-likeness (QED) is 0.797. The molecule has 0 radical (unpaired) electrons. The Morgan fingerprint density at radius 2 is 1.96 bits per heavy atom. The van der Waals surface area contributed by atoms with Crippen LogP contribution in [0.2, 0.25) is 0 Å². The van der Waals surface area contributed by atoms with Crippen LogP contribution in [0.3, 0.4) is 0 Å². The Labute approximate surface area is 139 Å². The molecule has 2 unspecified atom stereocenters. The number of piperidine rings is 1. The molecule has 3 aliphatic rings. The monoisotopic (exact) mass is 306 g/mol. The number of hydrogen-bond donors (Lipinski definition) is 0. The van der Waals surface area contributed by atoms with Crippen LogP contribution < -0.4 is 0 Å². The van der Waals surface area contributed by atoms with Gasteiger partial charge in [0.05, 0.1) is 6.04 Å². The molecule has 0 saturated carbocycles. The molecule has 1 saturated heterocycles. The first kappa shape index (κ1) is 14.9. The summed E-state index contributed by atoms with van der Waals surface area (Å²) in [5, 5.41) is 0. The van der Waals surface area contributed by atoms with E-state index in [4.69, 9.17) is 4.99 Å². The van der Waals surface area contributed by atoms with E-state index >= 15 is 0 Å². The van der Waals surface area contributed by atoms with Crippen molar-refractivity contribution in [3.05, 3.63) is 59.2 Å². The summed E-state index contributed by atoms with van der Waals surface area (Å²) in [6, 6.07) is 8.99. The first-order valence-corrected chi connectivity index (χ1v) is 9.10. The average Bonchev–Trinajstić information content (AvgIpc) is 3.01. The zero-order chi connectivity index (χ0) is 15.5. The maximum Gasteiger partial charge on any atom is 0.0792 e. The molecule has 120 valence electrons. The second kappa shape index (κ2) is 6.84. The van der Waals surface area contributed by atoms with Crippen LogP contribution in [0, 0.1) is 5.92 Å². The van der Waals surface area contributed by atoms with Crippen LogP contribution >= 0.6 is 0 Å². The van der Waals surface area contributed by atoms with E-state index in [2.05, 4.69) is 53.6 Å². The maximum atomic E-state index is 4.78. The number of aliphatic imine (C=N–C) groups is 1. The van der Waals surface area contributed by atoms with Crippen LogP contribution in [0.5, 0.6) is 0 Å². The molecular formula is C21H26N2. The lowest BCUT2D eigenvalue weighted by Crippen LogP contribution is -2.35. The van der Waals surface area contributed by atoms with Gasteiger partial charge in [-0.2, -0.15) is 0 Å². The van der Waals surface area contributed by atoms with Crippen molar-refractivity contribution in [3.63, 3.8) is 0 Å². The van der Waals surface area contributed by atoms with Crippen LogP contribution in [-0.4, -0.2) is 30.7 Å². The van der Waals surface area contributed by atoms with Crippen LogP contribution in [0.25, 0.3) is 0 Å². The molecule has 1 aromatic rings. The van der Waals surface area contributed by atoms with E-state index in [1.807, 2.05) is 0 Å². The summed E-state index contributed by atoms with van der Waals surface area (Å²) in [4.78, 5) is 7.45.